The molecule has 7 aromatic rings. The monoisotopic (exact) mass is 648 g/mol. The molecule has 1 atom stereocenters. The fraction of sp³-hybridized carbons (Fsp3) is 0.100. The minimum atomic E-state index is -1.05. The highest BCUT2D eigenvalue weighted by Gasteiger charge is 2.41. The number of aliphatic hydroxyl groups excluding tert-OH is 1. The molecule has 242 valence electrons. The number of rotatable bonds is 9. The number of anilines is 1. The van der Waals surface area contributed by atoms with Crippen molar-refractivity contribution in [3.8, 4) is 11.3 Å². The molecule has 0 bridgehead atoms. The standard InChI is InChI=1S/C40H33FN6O2/c1-27(28-14-6-2-7-15-28)43-39(49)45-36-25-34-37(33(26-48)44-36)38(29-22-23-42-35(41)24-29)46-47(34)40(30-16-8-3-9-17-30,31-18-10-4-11-19-31)32-20-12-5-13-21-32/h2-25,27,48H,26H2,1H3,(H2,43,44,45,49)/t27-/m1/s1. The number of halogens is 1. The van der Waals surface area contributed by atoms with Gasteiger partial charge in [-0.3, -0.25) is 5.32 Å². The predicted octanol–water partition coefficient (Wildman–Crippen LogP) is 7.85. The molecule has 0 aliphatic carbocycles. The Bertz CT molecular complexity index is 2110. The molecule has 49 heavy (non-hydrogen) atoms. The van der Waals surface area contributed by atoms with E-state index in [-0.39, 0.29) is 17.6 Å². The van der Waals surface area contributed by atoms with Gasteiger partial charge in [0.25, 0.3) is 0 Å². The SMILES string of the molecule is C[C@@H](NC(=O)Nc1cc2c(c(CO)n1)c(-c1ccnc(F)c1)nn2C(c1ccccc1)(c1ccccc1)c1ccccc1)c1ccccc1. The first kappa shape index (κ1) is 31.4. The molecule has 0 fully saturated rings. The van der Waals surface area contributed by atoms with E-state index in [1.807, 2.05) is 133 Å². The maximum absolute atomic E-state index is 14.6. The molecule has 3 aromatic heterocycles. The van der Waals surface area contributed by atoms with Crippen LogP contribution in [0.25, 0.3) is 22.2 Å². The van der Waals surface area contributed by atoms with Gasteiger partial charge in [-0.1, -0.05) is 121 Å². The molecule has 9 heteroatoms. The lowest BCUT2D eigenvalue weighted by Gasteiger charge is -2.37. The van der Waals surface area contributed by atoms with Gasteiger partial charge in [0.15, 0.2) is 0 Å². The van der Waals surface area contributed by atoms with Crippen LogP contribution in [-0.2, 0) is 12.1 Å². The lowest BCUT2D eigenvalue weighted by molar-refractivity contribution is 0.249. The normalized spacial score (nSPS) is 12.1. The van der Waals surface area contributed by atoms with Crippen LogP contribution in [-0.4, -0.2) is 30.9 Å². The van der Waals surface area contributed by atoms with Crippen molar-refractivity contribution in [2.24, 2.45) is 0 Å². The maximum atomic E-state index is 14.6. The second kappa shape index (κ2) is 13.5. The lowest BCUT2D eigenvalue weighted by Crippen LogP contribution is -2.38. The summed E-state index contributed by atoms with van der Waals surface area (Å²) in [5, 5.41) is 22.4. The molecule has 0 saturated heterocycles. The Morgan fingerprint density at radius 2 is 1.37 bits per heavy atom. The number of aliphatic hydroxyl groups is 1. The Balaban J connectivity index is 1.51. The summed E-state index contributed by atoms with van der Waals surface area (Å²) in [7, 11) is 0. The quantitative estimate of drug-likeness (QED) is 0.109. The summed E-state index contributed by atoms with van der Waals surface area (Å²) in [4.78, 5) is 21.8. The van der Waals surface area contributed by atoms with E-state index in [9.17, 15) is 14.3 Å². The second-order valence-electron chi connectivity index (χ2n) is 11.7. The molecule has 0 spiro atoms. The first-order valence-electron chi connectivity index (χ1n) is 15.9. The molecule has 7 rings (SSSR count). The zero-order chi connectivity index (χ0) is 33.8. The van der Waals surface area contributed by atoms with E-state index in [1.54, 1.807) is 12.1 Å². The predicted molar refractivity (Wildman–Crippen MR) is 188 cm³/mol. The van der Waals surface area contributed by atoms with Gasteiger partial charge in [0.05, 0.1) is 29.2 Å². The second-order valence-corrected chi connectivity index (χ2v) is 11.7. The third-order valence-electron chi connectivity index (χ3n) is 8.67. The van der Waals surface area contributed by atoms with Crippen LogP contribution in [0.5, 0.6) is 0 Å². The number of hydrogen-bond donors (Lipinski definition) is 3. The number of carbonyl (C=O) groups is 1. The van der Waals surface area contributed by atoms with E-state index < -0.39 is 24.1 Å². The molecule has 4 aromatic carbocycles. The number of amides is 2. The van der Waals surface area contributed by atoms with Crippen molar-refractivity contribution in [3.63, 3.8) is 0 Å². The molecule has 0 radical (unpaired) electrons. The Kier molecular flexibility index (Phi) is 8.66. The van der Waals surface area contributed by atoms with Crippen LogP contribution in [0.1, 0.15) is 40.9 Å². The molecular formula is C40H33FN6O2. The van der Waals surface area contributed by atoms with Crippen LogP contribution in [0, 0.1) is 5.95 Å². The molecule has 0 aliphatic rings. The van der Waals surface area contributed by atoms with Crippen LogP contribution in [0.2, 0.25) is 0 Å². The van der Waals surface area contributed by atoms with Crippen molar-refractivity contribution in [1.29, 1.82) is 0 Å². The third kappa shape index (κ3) is 5.92. The number of fused-ring (bicyclic) bond motifs is 1. The van der Waals surface area contributed by atoms with Gasteiger partial charge >= 0.3 is 6.03 Å². The Morgan fingerprint density at radius 3 is 1.90 bits per heavy atom. The van der Waals surface area contributed by atoms with Gasteiger partial charge in [0, 0.05) is 23.9 Å². The van der Waals surface area contributed by atoms with Crippen molar-refractivity contribution in [2.45, 2.75) is 25.1 Å². The smallest absolute Gasteiger partial charge is 0.320 e. The van der Waals surface area contributed by atoms with Gasteiger partial charge in [-0.05, 0) is 35.2 Å². The first-order chi connectivity index (χ1) is 24.0. The van der Waals surface area contributed by atoms with Crippen molar-refractivity contribution in [1.82, 2.24) is 25.1 Å². The highest BCUT2D eigenvalue weighted by atomic mass is 19.1. The molecule has 2 amide bonds. The van der Waals surface area contributed by atoms with E-state index >= 15 is 0 Å². The number of nitrogens with one attached hydrogen (secondary N) is 2. The highest BCUT2D eigenvalue weighted by Crippen LogP contribution is 2.44. The number of carbonyl (C=O) groups excluding carboxylic acids is 1. The zero-order valence-corrected chi connectivity index (χ0v) is 26.7. The van der Waals surface area contributed by atoms with Gasteiger partial charge in [0.1, 0.15) is 17.1 Å². The van der Waals surface area contributed by atoms with Crippen molar-refractivity contribution in [3.05, 3.63) is 180 Å². The van der Waals surface area contributed by atoms with Gasteiger partial charge in [-0.15, -0.1) is 0 Å². The number of pyridine rings is 2. The summed E-state index contributed by atoms with van der Waals surface area (Å²) >= 11 is 0. The van der Waals surface area contributed by atoms with Crippen LogP contribution in [0.15, 0.2) is 146 Å². The summed E-state index contributed by atoms with van der Waals surface area (Å²) in [6, 6.07) is 43.7. The molecule has 3 N–H and O–H groups in total. The zero-order valence-electron chi connectivity index (χ0n) is 26.7. The van der Waals surface area contributed by atoms with E-state index in [2.05, 4.69) is 20.6 Å². The Labute approximate surface area is 282 Å². The molecule has 0 aliphatic heterocycles. The molecule has 8 nitrogen and oxygen atoms in total. The third-order valence-corrected chi connectivity index (χ3v) is 8.67. The first-order valence-corrected chi connectivity index (χ1v) is 15.9. The number of aromatic nitrogens is 4. The topological polar surface area (TPSA) is 105 Å². The number of hydrogen-bond acceptors (Lipinski definition) is 5. The van der Waals surface area contributed by atoms with Crippen molar-refractivity contribution in [2.75, 3.05) is 5.32 Å². The number of benzene rings is 4. The number of urea groups is 1. The minimum Gasteiger partial charge on any atom is -0.390 e. The van der Waals surface area contributed by atoms with Crippen LogP contribution in [0.4, 0.5) is 15.0 Å². The van der Waals surface area contributed by atoms with E-state index in [4.69, 9.17) is 5.10 Å². The summed E-state index contributed by atoms with van der Waals surface area (Å²) in [5.74, 6) is -0.451. The van der Waals surface area contributed by atoms with Crippen molar-refractivity contribution >= 4 is 22.8 Å². The summed E-state index contributed by atoms with van der Waals surface area (Å²) in [6.07, 6.45) is 1.38. The highest BCUT2D eigenvalue weighted by molar-refractivity contribution is 5.98. The van der Waals surface area contributed by atoms with Crippen LogP contribution < -0.4 is 10.6 Å². The molecule has 0 saturated carbocycles. The van der Waals surface area contributed by atoms with E-state index in [1.165, 1.54) is 12.3 Å². The van der Waals surface area contributed by atoms with Crippen LogP contribution >= 0.6 is 0 Å². The number of nitrogens with zero attached hydrogens (tertiary/aromatic N) is 4. The van der Waals surface area contributed by atoms with E-state index in [0.29, 0.717) is 22.2 Å². The minimum absolute atomic E-state index is 0.214. The van der Waals surface area contributed by atoms with Crippen molar-refractivity contribution < 1.29 is 14.3 Å². The van der Waals surface area contributed by atoms with E-state index in [0.717, 1.165) is 22.3 Å². The van der Waals surface area contributed by atoms with Crippen LogP contribution in [0.3, 0.4) is 0 Å². The summed E-state index contributed by atoms with van der Waals surface area (Å²) in [6.45, 7) is 1.43. The Morgan fingerprint density at radius 1 is 0.816 bits per heavy atom. The fourth-order valence-corrected chi connectivity index (χ4v) is 6.48. The summed E-state index contributed by atoms with van der Waals surface area (Å²) in [5.41, 5.74) is 4.34. The summed E-state index contributed by atoms with van der Waals surface area (Å²) < 4.78 is 16.5. The average Bonchev–Trinajstić information content (AvgIpc) is 3.53. The van der Waals surface area contributed by atoms with Gasteiger partial charge in [-0.2, -0.15) is 9.49 Å². The van der Waals surface area contributed by atoms with Gasteiger partial charge < -0.3 is 10.4 Å². The molecule has 3 heterocycles. The van der Waals surface area contributed by atoms with Gasteiger partial charge in [0.2, 0.25) is 5.95 Å². The fourth-order valence-electron chi connectivity index (χ4n) is 6.48. The Hall–Kier alpha value is -6.19. The largest absolute Gasteiger partial charge is 0.390 e. The molecular weight excluding hydrogens is 615 g/mol. The molecule has 0 unspecified atom stereocenters. The lowest BCUT2D eigenvalue weighted by atomic mass is 9.77. The average molecular weight is 649 g/mol. The van der Waals surface area contributed by atoms with Gasteiger partial charge in [-0.25, -0.2) is 19.4 Å². The maximum Gasteiger partial charge on any atom is 0.320 e.